The van der Waals surface area contributed by atoms with E-state index in [1.807, 2.05) is 12.3 Å². The molecule has 0 fully saturated rings. The quantitative estimate of drug-likeness (QED) is 0.668. The summed E-state index contributed by atoms with van der Waals surface area (Å²) in [6.45, 7) is 0.946. The standard InChI is InChI=1S/C10H13N3/c11-9-3-5-13-10(6-9)8-2-1-4-12-7-8/h1-2,4,6-7,10,13H,3,5,11H2. The van der Waals surface area contributed by atoms with Crippen LogP contribution in [0, 0.1) is 0 Å². The topological polar surface area (TPSA) is 50.9 Å². The molecule has 3 nitrogen and oxygen atoms in total. The number of hydrogen-bond donors (Lipinski definition) is 2. The van der Waals surface area contributed by atoms with Crippen LogP contribution in [-0.2, 0) is 0 Å². The zero-order valence-electron chi connectivity index (χ0n) is 7.40. The lowest BCUT2D eigenvalue weighted by Gasteiger charge is -2.20. The van der Waals surface area contributed by atoms with Crippen molar-refractivity contribution in [1.82, 2.24) is 10.3 Å². The van der Waals surface area contributed by atoms with E-state index in [4.69, 9.17) is 5.73 Å². The molecule has 0 saturated heterocycles. The Morgan fingerprint density at radius 1 is 1.54 bits per heavy atom. The average molecular weight is 175 g/mol. The van der Waals surface area contributed by atoms with Crippen molar-refractivity contribution >= 4 is 0 Å². The van der Waals surface area contributed by atoms with Crippen molar-refractivity contribution in [3.63, 3.8) is 0 Å². The van der Waals surface area contributed by atoms with Gasteiger partial charge in [-0.15, -0.1) is 0 Å². The van der Waals surface area contributed by atoms with Crippen LogP contribution < -0.4 is 11.1 Å². The molecule has 1 atom stereocenters. The monoisotopic (exact) mass is 175 g/mol. The first-order chi connectivity index (χ1) is 6.36. The second kappa shape index (κ2) is 3.58. The predicted octanol–water partition coefficient (Wildman–Crippen LogP) is 0.959. The Bertz CT molecular complexity index is 305. The van der Waals surface area contributed by atoms with Crippen molar-refractivity contribution in [1.29, 1.82) is 0 Å². The molecule has 1 aliphatic rings. The Morgan fingerprint density at radius 2 is 2.46 bits per heavy atom. The van der Waals surface area contributed by atoms with Crippen molar-refractivity contribution in [2.75, 3.05) is 6.54 Å². The third-order valence-electron chi connectivity index (χ3n) is 2.20. The summed E-state index contributed by atoms with van der Waals surface area (Å²) in [5, 5.41) is 3.37. The van der Waals surface area contributed by atoms with Gasteiger partial charge in [-0.2, -0.15) is 0 Å². The van der Waals surface area contributed by atoms with Gasteiger partial charge in [0.2, 0.25) is 0 Å². The Morgan fingerprint density at radius 3 is 3.15 bits per heavy atom. The van der Waals surface area contributed by atoms with Crippen LogP contribution in [0.4, 0.5) is 0 Å². The molecule has 1 unspecified atom stereocenters. The summed E-state index contributed by atoms with van der Waals surface area (Å²) in [6.07, 6.45) is 6.64. The fourth-order valence-electron chi connectivity index (χ4n) is 1.50. The first-order valence-corrected chi connectivity index (χ1v) is 4.46. The molecule has 1 aliphatic heterocycles. The third-order valence-corrected chi connectivity index (χ3v) is 2.20. The maximum absolute atomic E-state index is 5.76. The van der Waals surface area contributed by atoms with E-state index in [1.165, 1.54) is 5.56 Å². The van der Waals surface area contributed by atoms with Crippen LogP contribution >= 0.6 is 0 Å². The van der Waals surface area contributed by atoms with Gasteiger partial charge in [0.1, 0.15) is 0 Å². The summed E-state index contributed by atoms with van der Waals surface area (Å²) >= 11 is 0. The lowest BCUT2D eigenvalue weighted by molar-refractivity contribution is 0.581. The van der Waals surface area contributed by atoms with E-state index in [9.17, 15) is 0 Å². The van der Waals surface area contributed by atoms with Crippen molar-refractivity contribution < 1.29 is 0 Å². The number of nitrogens with zero attached hydrogens (tertiary/aromatic N) is 1. The minimum Gasteiger partial charge on any atom is -0.402 e. The van der Waals surface area contributed by atoms with E-state index in [2.05, 4.69) is 22.4 Å². The molecular formula is C10H13N3. The number of pyridine rings is 1. The lowest BCUT2D eigenvalue weighted by Crippen LogP contribution is -2.27. The van der Waals surface area contributed by atoms with Crippen molar-refractivity contribution in [2.45, 2.75) is 12.5 Å². The number of nitrogens with one attached hydrogen (secondary N) is 1. The molecule has 2 rings (SSSR count). The maximum atomic E-state index is 5.76. The van der Waals surface area contributed by atoms with Crippen molar-refractivity contribution in [3.8, 4) is 0 Å². The zero-order valence-corrected chi connectivity index (χ0v) is 7.40. The fraction of sp³-hybridized carbons (Fsp3) is 0.300. The van der Waals surface area contributed by atoms with E-state index in [1.54, 1.807) is 6.20 Å². The van der Waals surface area contributed by atoms with E-state index in [0.29, 0.717) is 0 Å². The summed E-state index contributed by atoms with van der Waals surface area (Å²) < 4.78 is 0. The molecule has 13 heavy (non-hydrogen) atoms. The molecular weight excluding hydrogens is 162 g/mol. The van der Waals surface area contributed by atoms with Crippen LogP contribution in [0.15, 0.2) is 36.3 Å². The molecule has 0 aliphatic carbocycles. The Balaban J connectivity index is 2.22. The molecule has 0 bridgehead atoms. The van der Waals surface area contributed by atoms with E-state index < -0.39 is 0 Å². The van der Waals surface area contributed by atoms with Gasteiger partial charge in [0.15, 0.2) is 0 Å². The molecule has 3 N–H and O–H groups in total. The third kappa shape index (κ3) is 1.87. The largest absolute Gasteiger partial charge is 0.402 e. The maximum Gasteiger partial charge on any atom is 0.0541 e. The minimum atomic E-state index is 0.238. The van der Waals surface area contributed by atoms with Gasteiger partial charge >= 0.3 is 0 Å². The molecule has 3 heteroatoms. The molecule has 68 valence electrons. The van der Waals surface area contributed by atoms with E-state index in [-0.39, 0.29) is 6.04 Å². The van der Waals surface area contributed by atoms with E-state index in [0.717, 1.165) is 18.7 Å². The molecule has 0 aromatic carbocycles. The van der Waals surface area contributed by atoms with Gasteiger partial charge in [-0.25, -0.2) is 0 Å². The number of nitrogens with two attached hydrogens (primary N) is 1. The summed E-state index contributed by atoms with van der Waals surface area (Å²) in [5.41, 5.74) is 7.90. The van der Waals surface area contributed by atoms with Gasteiger partial charge < -0.3 is 11.1 Å². The Labute approximate surface area is 77.7 Å². The first-order valence-electron chi connectivity index (χ1n) is 4.46. The van der Waals surface area contributed by atoms with Gasteiger partial charge in [-0.1, -0.05) is 6.07 Å². The SMILES string of the molecule is NC1=CC(c2cccnc2)NCC1. The molecule has 2 heterocycles. The zero-order chi connectivity index (χ0) is 9.10. The lowest BCUT2D eigenvalue weighted by atomic mass is 10.0. The highest BCUT2D eigenvalue weighted by atomic mass is 14.9. The molecule has 1 aromatic rings. The van der Waals surface area contributed by atoms with Gasteiger partial charge in [0.25, 0.3) is 0 Å². The molecule has 0 amide bonds. The van der Waals surface area contributed by atoms with E-state index >= 15 is 0 Å². The van der Waals surface area contributed by atoms with Gasteiger partial charge in [-0.05, 0) is 24.1 Å². The fourth-order valence-corrected chi connectivity index (χ4v) is 1.50. The molecule has 1 aromatic heterocycles. The number of aromatic nitrogens is 1. The van der Waals surface area contributed by atoms with Crippen LogP contribution in [-0.4, -0.2) is 11.5 Å². The smallest absolute Gasteiger partial charge is 0.0541 e. The molecule has 0 spiro atoms. The molecule has 0 radical (unpaired) electrons. The second-order valence-corrected chi connectivity index (χ2v) is 3.21. The normalized spacial score (nSPS) is 22.5. The van der Waals surface area contributed by atoms with Crippen LogP contribution in [0.1, 0.15) is 18.0 Å². The van der Waals surface area contributed by atoms with Crippen molar-refractivity contribution in [2.24, 2.45) is 5.73 Å². The van der Waals surface area contributed by atoms with Gasteiger partial charge in [0.05, 0.1) is 6.04 Å². The van der Waals surface area contributed by atoms with Gasteiger partial charge in [0, 0.05) is 24.6 Å². The first kappa shape index (κ1) is 8.26. The summed E-state index contributed by atoms with van der Waals surface area (Å²) in [5.74, 6) is 0. The van der Waals surface area contributed by atoms with Gasteiger partial charge in [-0.3, -0.25) is 4.98 Å². The Hall–Kier alpha value is -1.35. The second-order valence-electron chi connectivity index (χ2n) is 3.21. The minimum absolute atomic E-state index is 0.238. The number of rotatable bonds is 1. The van der Waals surface area contributed by atoms with Crippen molar-refractivity contribution in [3.05, 3.63) is 41.9 Å². The highest BCUT2D eigenvalue weighted by Crippen LogP contribution is 2.17. The average Bonchev–Trinajstić information content (AvgIpc) is 2.19. The summed E-state index contributed by atoms with van der Waals surface area (Å²) in [7, 11) is 0. The predicted molar refractivity (Wildman–Crippen MR) is 51.9 cm³/mol. The van der Waals surface area contributed by atoms with Crippen LogP contribution in [0.5, 0.6) is 0 Å². The number of hydrogen-bond acceptors (Lipinski definition) is 3. The van der Waals surface area contributed by atoms with Crippen LogP contribution in [0.2, 0.25) is 0 Å². The summed E-state index contributed by atoms with van der Waals surface area (Å²) in [4.78, 5) is 4.07. The molecule has 0 saturated carbocycles. The van der Waals surface area contributed by atoms with Crippen LogP contribution in [0.3, 0.4) is 0 Å². The highest BCUT2D eigenvalue weighted by Gasteiger charge is 2.12. The van der Waals surface area contributed by atoms with Crippen LogP contribution in [0.25, 0.3) is 0 Å². The summed E-state index contributed by atoms with van der Waals surface area (Å²) in [6, 6.07) is 4.23. The highest BCUT2D eigenvalue weighted by molar-refractivity contribution is 5.22. The Kier molecular flexibility index (Phi) is 2.27.